The molecule has 0 spiro atoms. The van der Waals surface area contributed by atoms with Crippen LogP contribution in [0.2, 0.25) is 0 Å². The molecule has 1 amide bonds. The number of nitrogens with one attached hydrogen (secondary N) is 1. The van der Waals surface area contributed by atoms with Crippen LogP contribution in [-0.4, -0.2) is 53.5 Å². The zero-order valence-corrected chi connectivity index (χ0v) is 15.8. The fourth-order valence-electron chi connectivity index (χ4n) is 3.33. The highest BCUT2D eigenvalue weighted by atomic mass is 19.1. The monoisotopic (exact) mass is 371 g/mol. The Morgan fingerprint density at radius 3 is 2.33 bits per heavy atom. The van der Waals surface area contributed by atoms with Crippen LogP contribution >= 0.6 is 0 Å². The molecule has 3 rings (SSSR count). The van der Waals surface area contributed by atoms with Crippen molar-refractivity contribution in [2.24, 2.45) is 5.92 Å². The Kier molecular flexibility index (Phi) is 6.34. The first kappa shape index (κ1) is 19.2. The van der Waals surface area contributed by atoms with Crippen LogP contribution in [0.4, 0.5) is 10.3 Å². The Morgan fingerprint density at radius 1 is 1.11 bits per heavy atom. The summed E-state index contributed by atoms with van der Waals surface area (Å²) < 4.78 is 13.2. The van der Waals surface area contributed by atoms with Gasteiger partial charge in [0.05, 0.1) is 6.54 Å². The van der Waals surface area contributed by atoms with Crippen molar-refractivity contribution in [1.29, 1.82) is 0 Å². The molecule has 0 saturated carbocycles. The Balaban J connectivity index is 1.52. The Morgan fingerprint density at radius 2 is 1.74 bits per heavy atom. The van der Waals surface area contributed by atoms with Crippen molar-refractivity contribution in [3.8, 4) is 0 Å². The van der Waals surface area contributed by atoms with Gasteiger partial charge < -0.3 is 15.1 Å². The molecule has 1 aliphatic rings. The van der Waals surface area contributed by atoms with Gasteiger partial charge in [-0.05, 0) is 29.7 Å². The molecule has 7 heteroatoms. The number of aromatic nitrogens is 2. The normalized spacial score (nSPS) is 15.9. The summed E-state index contributed by atoms with van der Waals surface area (Å²) in [5, 5.41) is 3.34. The lowest BCUT2D eigenvalue weighted by Gasteiger charge is -2.35. The molecule has 0 unspecified atom stereocenters. The summed E-state index contributed by atoms with van der Waals surface area (Å²) in [6, 6.07) is 8.26. The van der Waals surface area contributed by atoms with E-state index >= 15 is 0 Å². The maximum atomic E-state index is 13.2. The van der Waals surface area contributed by atoms with E-state index in [4.69, 9.17) is 0 Å². The summed E-state index contributed by atoms with van der Waals surface area (Å²) in [4.78, 5) is 25.1. The quantitative estimate of drug-likeness (QED) is 0.844. The van der Waals surface area contributed by atoms with Crippen LogP contribution in [0.3, 0.4) is 0 Å². The van der Waals surface area contributed by atoms with Crippen LogP contribution in [0.15, 0.2) is 42.7 Å². The number of amides is 1. The summed E-state index contributed by atoms with van der Waals surface area (Å²) in [7, 11) is 0. The average molecular weight is 371 g/mol. The summed E-state index contributed by atoms with van der Waals surface area (Å²) in [6.45, 7) is 7.20. The van der Waals surface area contributed by atoms with E-state index in [1.165, 1.54) is 12.1 Å². The van der Waals surface area contributed by atoms with Gasteiger partial charge in [0.25, 0.3) is 0 Å². The maximum Gasteiger partial charge on any atom is 0.236 e. The Hall–Kier alpha value is -2.54. The van der Waals surface area contributed by atoms with E-state index < -0.39 is 0 Å². The standard InChI is InChI=1S/C20H26FN5O/c1-15(2)19(16-4-6-17(21)7-5-16)24-14-18(27)25-10-12-26(13-11-25)20-22-8-3-9-23-20/h3-9,15,19,24H,10-14H2,1-2H3/t19-/m0/s1. The van der Waals surface area contributed by atoms with Crippen molar-refractivity contribution in [3.63, 3.8) is 0 Å². The summed E-state index contributed by atoms with van der Waals surface area (Å²) in [5.41, 5.74) is 0.991. The highest BCUT2D eigenvalue weighted by molar-refractivity contribution is 5.78. The third kappa shape index (κ3) is 5.01. The number of piperazine rings is 1. The van der Waals surface area contributed by atoms with E-state index in [2.05, 4.69) is 34.0 Å². The van der Waals surface area contributed by atoms with E-state index in [1.54, 1.807) is 30.6 Å². The fourth-order valence-corrected chi connectivity index (χ4v) is 3.33. The SMILES string of the molecule is CC(C)[C@H](NCC(=O)N1CCN(c2ncccn2)CC1)c1ccc(F)cc1. The second kappa shape index (κ2) is 8.90. The third-order valence-electron chi connectivity index (χ3n) is 4.84. The smallest absolute Gasteiger partial charge is 0.236 e. The van der Waals surface area contributed by atoms with Crippen LogP contribution in [0.1, 0.15) is 25.5 Å². The number of nitrogens with zero attached hydrogens (tertiary/aromatic N) is 4. The van der Waals surface area contributed by atoms with Gasteiger partial charge in [0.2, 0.25) is 11.9 Å². The molecule has 1 saturated heterocycles. The largest absolute Gasteiger partial charge is 0.338 e. The first-order chi connectivity index (χ1) is 13.0. The van der Waals surface area contributed by atoms with Crippen molar-refractivity contribution >= 4 is 11.9 Å². The molecule has 6 nitrogen and oxygen atoms in total. The summed E-state index contributed by atoms with van der Waals surface area (Å²) in [5.74, 6) is 0.822. The summed E-state index contributed by atoms with van der Waals surface area (Å²) in [6.07, 6.45) is 3.45. The van der Waals surface area contributed by atoms with E-state index in [9.17, 15) is 9.18 Å². The lowest BCUT2D eigenvalue weighted by molar-refractivity contribution is -0.130. The van der Waals surface area contributed by atoms with Crippen LogP contribution in [-0.2, 0) is 4.79 Å². The molecule has 0 radical (unpaired) electrons. The van der Waals surface area contributed by atoms with Crippen molar-refractivity contribution in [3.05, 3.63) is 54.1 Å². The van der Waals surface area contributed by atoms with E-state index in [0.717, 1.165) is 18.7 Å². The molecule has 0 aliphatic carbocycles. The minimum atomic E-state index is -0.252. The first-order valence-corrected chi connectivity index (χ1v) is 9.33. The first-order valence-electron chi connectivity index (χ1n) is 9.33. The van der Waals surface area contributed by atoms with Crippen LogP contribution in [0, 0.1) is 11.7 Å². The number of anilines is 1. The van der Waals surface area contributed by atoms with Gasteiger partial charge in [0, 0.05) is 44.6 Å². The molecule has 1 aliphatic heterocycles. The Labute approximate surface area is 159 Å². The second-order valence-electron chi connectivity index (χ2n) is 7.07. The zero-order chi connectivity index (χ0) is 19.2. The minimum absolute atomic E-state index is 0.00792. The predicted octanol–water partition coefficient (Wildman–Crippen LogP) is 2.25. The van der Waals surface area contributed by atoms with E-state index in [-0.39, 0.29) is 30.2 Å². The van der Waals surface area contributed by atoms with E-state index in [0.29, 0.717) is 19.0 Å². The predicted molar refractivity (Wildman–Crippen MR) is 103 cm³/mol. The number of hydrogen-bond donors (Lipinski definition) is 1. The van der Waals surface area contributed by atoms with Gasteiger partial charge in [-0.15, -0.1) is 0 Å². The molecular formula is C20H26FN5O. The van der Waals surface area contributed by atoms with Gasteiger partial charge in [-0.3, -0.25) is 4.79 Å². The van der Waals surface area contributed by atoms with Gasteiger partial charge in [0.15, 0.2) is 0 Å². The number of benzene rings is 1. The molecule has 144 valence electrons. The number of halogens is 1. The highest BCUT2D eigenvalue weighted by Gasteiger charge is 2.23. The topological polar surface area (TPSA) is 61.4 Å². The lowest BCUT2D eigenvalue weighted by atomic mass is 9.96. The third-order valence-corrected chi connectivity index (χ3v) is 4.84. The average Bonchev–Trinajstić information content (AvgIpc) is 2.70. The summed E-state index contributed by atoms with van der Waals surface area (Å²) >= 11 is 0. The van der Waals surface area contributed by atoms with Crippen molar-refractivity contribution < 1.29 is 9.18 Å². The molecule has 1 aromatic carbocycles. The highest BCUT2D eigenvalue weighted by Crippen LogP contribution is 2.21. The maximum absolute atomic E-state index is 13.2. The van der Waals surface area contributed by atoms with Gasteiger partial charge in [-0.25, -0.2) is 14.4 Å². The molecular weight excluding hydrogens is 345 g/mol. The fraction of sp³-hybridized carbons (Fsp3) is 0.450. The molecule has 1 N–H and O–H groups in total. The number of rotatable bonds is 6. The van der Waals surface area contributed by atoms with Crippen LogP contribution in [0.25, 0.3) is 0 Å². The van der Waals surface area contributed by atoms with Gasteiger partial charge in [-0.1, -0.05) is 26.0 Å². The van der Waals surface area contributed by atoms with Gasteiger partial charge in [-0.2, -0.15) is 0 Å². The van der Waals surface area contributed by atoms with E-state index in [1.807, 2.05) is 4.90 Å². The zero-order valence-electron chi connectivity index (χ0n) is 15.8. The number of hydrogen-bond acceptors (Lipinski definition) is 5. The van der Waals surface area contributed by atoms with Crippen molar-refractivity contribution in [1.82, 2.24) is 20.2 Å². The van der Waals surface area contributed by atoms with Crippen molar-refractivity contribution in [2.45, 2.75) is 19.9 Å². The number of carbonyl (C=O) groups excluding carboxylic acids is 1. The van der Waals surface area contributed by atoms with Gasteiger partial charge in [0.1, 0.15) is 5.82 Å². The molecule has 2 heterocycles. The molecule has 0 bridgehead atoms. The van der Waals surface area contributed by atoms with Crippen molar-refractivity contribution in [2.75, 3.05) is 37.6 Å². The molecule has 2 aromatic rings. The second-order valence-corrected chi connectivity index (χ2v) is 7.07. The molecule has 1 aromatic heterocycles. The molecule has 1 atom stereocenters. The minimum Gasteiger partial charge on any atom is -0.338 e. The van der Waals surface area contributed by atoms with Crippen LogP contribution < -0.4 is 10.2 Å². The lowest BCUT2D eigenvalue weighted by Crippen LogP contribution is -2.51. The Bertz CT molecular complexity index is 730. The molecule has 27 heavy (non-hydrogen) atoms. The molecule has 1 fully saturated rings. The van der Waals surface area contributed by atoms with Gasteiger partial charge >= 0.3 is 0 Å². The number of carbonyl (C=O) groups is 1. The van der Waals surface area contributed by atoms with Crippen LogP contribution in [0.5, 0.6) is 0 Å².